The highest BCUT2D eigenvalue weighted by Gasteiger charge is 2.32. The number of halogens is 6. The van der Waals surface area contributed by atoms with Crippen LogP contribution in [0.3, 0.4) is 0 Å². The van der Waals surface area contributed by atoms with E-state index in [2.05, 4.69) is 0 Å². The van der Waals surface area contributed by atoms with E-state index in [1.54, 1.807) is 0 Å². The van der Waals surface area contributed by atoms with Crippen molar-refractivity contribution in [2.24, 2.45) is 11.8 Å². The van der Waals surface area contributed by atoms with Crippen LogP contribution in [0.1, 0.15) is 62.0 Å². The van der Waals surface area contributed by atoms with Gasteiger partial charge in [0.05, 0.1) is 0 Å². The lowest BCUT2D eigenvalue weighted by Gasteiger charge is -2.36. The molecule has 2 aliphatic rings. The molecule has 8 heteroatoms. The summed E-state index contributed by atoms with van der Waals surface area (Å²) in [5.74, 6) is -8.62. The lowest BCUT2D eigenvalue weighted by Crippen LogP contribution is -2.23. The first-order chi connectivity index (χ1) is 18.2. The van der Waals surface area contributed by atoms with Crippen molar-refractivity contribution >= 4 is 5.57 Å². The first kappa shape index (κ1) is 26.2. The standard InChI is InChI=1S/C30H26F6O2/c31-25-19(9-10-21(27(25)33)22-12-14-24(38)30(36)28(22)34)17-5-1-15(2-6-17)16-3-7-18(8-4-16)20-11-13-23(37)29(35)26(20)32/h5,9-16,18,37-38H,1-4,6-8H2. The SMILES string of the molecule is Oc1ccc(-c2ccc(C3=CCC(C4CCC(c5ccc(O)c(F)c5F)CC4)CC3)c(F)c2F)c(F)c1F. The van der Waals surface area contributed by atoms with Crippen molar-refractivity contribution in [3.05, 3.63) is 88.5 Å². The summed E-state index contributed by atoms with van der Waals surface area (Å²) in [6, 6.07) is 7.08. The first-order valence-corrected chi connectivity index (χ1v) is 12.7. The maximum absolute atomic E-state index is 15.0. The average Bonchev–Trinajstić information content (AvgIpc) is 2.93. The van der Waals surface area contributed by atoms with Gasteiger partial charge in [-0.3, -0.25) is 0 Å². The zero-order chi connectivity index (χ0) is 27.1. The van der Waals surface area contributed by atoms with Gasteiger partial charge in [-0.1, -0.05) is 24.3 Å². The summed E-state index contributed by atoms with van der Waals surface area (Å²) in [6.07, 6.45) is 6.95. The number of hydrogen-bond acceptors (Lipinski definition) is 2. The summed E-state index contributed by atoms with van der Waals surface area (Å²) in [6.45, 7) is 0. The maximum atomic E-state index is 15.0. The van der Waals surface area contributed by atoms with Crippen LogP contribution in [0.25, 0.3) is 16.7 Å². The van der Waals surface area contributed by atoms with E-state index in [1.165, 1.54) is 24.3 Å². The maximum Gasteiger partial charge on any atom is 0.200 e. The van der Waals surface area contributed by atoms with Crippen molar-refractivity contribution in [1.82, 2.24) is 0 Å². The summed E-state index contributed by atoms with van der Waals surface area (Å²) in [7, 11) is 0. The molecule has 0 amide bonds. The Balaban J connectivity index is 1.27. The second-order valence-electron chi connectivity index (χ2n) is 10.2. The van der Waals surface area contributed by atoms with Gasteiger partial charge in [0.25, 0.3) is 0 Å². The van der Waals surface area contributed by atoms with Gasteiger partial charge < -0.3 is 10.2 Å². The molecule has 0 radical (unpaired) electrons. The molecule has 2 N–H and O–H groups in total. The van der Waals surface area contributed by atoms with Gasteiger partial charge in [-0.2, -0.15) is 8.78 Å². The van der Waals surface area contributed by atoms with Crippen LogP contribution in [0, 0.1) is 46.7 Å². The molecule has 0 heterocycles. The van der Waals surface area contributed by atoms with Gasteiger partial charge in [0.1, 0.15) is 0 Å². The molecule has 3 aromatic rings. The number of rotatable bonds is 4. The first-order valence-electron chi connectivity index (χ1n) is 12.7. The molecule has 0 spiro atoms. The lowest BCUT2D eigenvalue weighted by molar-refractivity contribution is 0.218. The Morgan fingerprint density at radius 2 is 1.05 bits per heavy atom. The van der Waals surface area contributed by atoms with Crippen molar-refractivity contribution in [3.8, 4) is 22.6 Å². The number of aromatic hydroxyl groups is 2. The van der Waals surface area contributed by atoms with Crippen LogP contribution in [0.5, 0.6) is 11.5 Å². The van der Waals surface area contributed by atoms with Gasteiger partial charge in [0.15, 0.2) is 34.8 Å². The lowest BCUT2D eigenvalue weighted by atomic mass is 9.70. The Hall–Kier alpha value is -3.42. The summed E-state index contributed by atoms with van der Waals surface area (Å²) >= 11 is 0. The molecule has 1 atom stereocenters. The van der Waals surface area contributed by atoms with Crippen molar-refractivity contribution in [3.63, 3.8) is 0 Å². The summed E-state index contributed by atoms with van der Waals surface area (Å²) in [5.41, 5.74) is 0.111. The average molecular weight is 533 g/mol. The molecule has 200 valence electrons. The second-order valence-corrected chi connectivity index (χ2v) is 10.2. The van der Waals surface area contributed by atoms with Gasteiger partial charge in [0, 0.05) is 16.7 Å². The van der Waals surface area contributed by atoms with Crippen LogP contribution in [0.15, 0.2) is 42.5 Å². The van der Waals surface area contributed by atoms with E-state index in [0.717, 1.165) is 31.4 Å². The number of hydrogen-bond donors (Lipinski definition) is 2. The van der Waals surface area contributed by atoms with Crippen molar-refractivity contribution in [2.45, 2.75) is 50.9 Å². The third kappa shape index (κ3) is 4.65. The molecule has 0 bridgehead atoms. The van der Waals surface area contributed by atoms with Crippen molar-refractivity contribution in [1.29, 1.82) is 0 Å². The summed E-state index contributed by atoms with van der Waals surface area (Å²) in [4.78, 5) is 0. The van der Waals surface area contributed by atoms with E-state index >= 15 is 4.39 Å². The number of allylic oxidation sites excluding steroid dienone is 2. The minimum atomic E-state index is -1.53. The highest BCUT2D eigenvalue weighted by molar-refractivity contribution is 5.72. The Morgan fingerprint density at radius 3 is 1.68 bits per heavy atom. The van der Waals surface area contributed by atoms with E-state index < -0.39 is 57.5 Å². The van der Waals surface area contributed by atoms with E-state index in [0.29, 0.717) is 48.7 Å². The van der Waals surface area contributed by atoms with Crippen LogP contribution in [-0.4, -0.2) is 10.2 Å². The van der Waals surface area contributed by atoms with E-state index in [4.69, 9.17) is 0 Å². The molecule has 2 nitrogen and oxygen atoms in total. The molecule has 1 unspecified atom stereocenters. The largest absolute Gasteiger partial charge is 0.505 e. The molecule has 2 aliphatic carbocycles. The van der Waals surface area contributed by atoms with Gasteiger partial charge in [0.2, 0.25) is 11.6 Å². The van der Waals surface area contributed by atoms with Gasteiger partial charge >= 0.3 is 0 Å². The molecule has 1 fully saturated rings. The normalized spacial score (nSPS) is 21.8. The smallest absolute Gasteiger partial charge is 0.200 e. The van der Waals surface area contributed by atoms with Crippen LogP contribution >= 0.6 is 0 Å². The Morgan fingerprint density at radius 1 is 0.526 bits per heavy atom. The highest BCUT2D eigenvalue weighted by atomic mass is 19.2. The molecular weight excluding hydrogens is 506 g/mol. The second kappa shape index (κ2) is 10.4. The third-order valence-electron chi connectivity index (χ3n) is 8.20. The topological polar surface area (TPSA) is 40.5 Å². The molecular formula is C30H26F6O2. The Labute approximate surface area is 216 Å². The van der Waals surface area contributed by atoms with Crippen LogP contribution in [0.2, 0.25) is 0 Å². The predicted octanol–water partition coefficient (Wildman–Crippen LogP) is 8.76. The van der Waals surface area contributed by atoms with Crippen LogP contribution < -0.4 is 0 Å². The minimum absolute atomic E-state index is 0.0814. The van der Waals surface area contributed by atoms with Crippen molar-refractivity contribution < 1.29 is 36.6 Å². The fourth-order valence-electron chi connectivity index (χ4n) is 6.05. The third-order valence-corrected chi connectivity index (χ3v) is 8.20. The number of phenols is 2. The van der Waals surface area contributed by atoms with E-state index in [9.17, 15) is 32.2 Å². The number of benzene rings is 3. The van der Waals surface area contributed by atoms with Gasteiger partial charge in [-0.15, -0.1) is 0 Å². The molecule has 3 aromatic carbocycles. The molecule has 5 rings (SSSR count). The fraction of sp³-hybridized carbons (Fsp3) is 0.333. The van der Waals surface area contributed by atoms with Crippen molar-refractivity contribution in [2.75, 3.05) is 0 Å². The highest BCUT2D eigenvalue weighted by Crippen LogP contribution is 2.45. The quantitative estimate of drug-likeness (QED) is 0.330. The number of phenolic OH excluding ortho intramolecular Hbond substituents is 2. The molecule has 38 heavy (non-hydrogen) atoms. The Bertz CT molecular complexity index is 1410. The fourth-order valence-corrected chi connectivity index (χ4v) is 6.05. The monoisotopic (exact) mass is 532 g/mol. The van der Waals surface area contributed by atoms with Gasteiger partial charge in [-0.25, -0.2) is 17.6 Å². The van der Waals surface area contributed by atoms with Crippen LogP contribution in [0.4, 0.5) is 26.3 Å². The van der Waals surface area contributed by atoms with Gasteiger partial charge in [-0.05, 0) is 92.0 Å². The minimum Gasteiger partial charge on any atom is -0.505 e. The van der Waals surface area contributed by atoms with E-state index in [1.807, 2.05) is 6.08 Å². The van der Waals surface area contributed by atoms with Crippen LogP contribution in [-0.2, 0) is 0 Å². The molecule has 0 aliphatic heterocycles. The zero-order valence-electron chi connectivity index (χ0n) is 20.4. The predicted molar refractivity (Wildman–Crippen MR) is 131 cm³/mol. The van der Waals surface area contributed by atoms with E-state index in [-0.39, 0.29) is 11.5 Å². The molecule has 0 saturated heterocycles. The molecule has 1 saturated carbocycles. The summed E-state index contributed by atoms with van der Waals surface area (Å²) in [5, 5.41) is 18.7. The Kier molecular flexibility index (Phi) is 7.16. The summed E-state index contributed by atoms with van der Waals surface area (Å²) < 4.78 is 86.0. The molecule has 0 aromatic heterocycles. The zero-order valence-corrected chi connectivity index (χ0v) is 20.4.